The Morgan fingerprint density at radius 2 is 2.16 bits per heavy atom. The summed E-state index contributed by atoms with van der Waals surface area (Å²) in [5.74, 6) is 0.691. The molecule has 1 amide bonds. The quantitative estimate of drug-likeness (QED) is 0.826. The third-order valence-corrected chi connectivity index (χ3v) is 5.01. The van der Waals surface area contributed by atoms with Crippen LogP contribution in [-0.2, 0) is 9.53 Å². The topological polar surface area (TPSA) is 82.4 Å². The third-order valence-electron chi connectivity index (χ3n) is 5.01. The second kappa shape index (κ2) is 6.79. The van der Waals surface area contributed by atoms with Crippen LogP contribution in [0.25, 0.3) is 5.69 Å². The summed E-state index contributed by atoms with van der Waals surface area (Å²) < 4.78 is 12.8. The summed E-state index contributed by atoms with van der Waals surface area (Å²) >= 11 is 0. The molecule has 0 unspecified atom stereocenters. The molecular weight excluding hydrogens is 322 g/mol. The summed E-state index contributed by atoms with van der Waals surface area (Å²) in [6.45, 7) is 3.24. The van der Waals surface area contributed by atoms with Gasteiger partial charge in [0.05, 0.1) is 12.3 Å². The summed E-state index contributed by atoms with van der Waals surface area (Å²) in [5, 5.41) is 11.0. The zero-order valence-electron chi connectivity index (χ0n) is 14.0. The van der Waals surface area contributed by atoms with E-state index in [1.807, 2.05) is 29.2 Å². The fraction of sp³-hybridized carbons (Fsp3) is 0.529. The van der Waals surface area contributed by atoms with Crippen LogP contribution in [0.5, 0.6) is 5.75 Å². The molecule has 1 spiro atoms. The standard InChI is InChI=1S/C17H21N5O3/c23-16(21-8-1-6-17(11-21)7-9-24-12-17)10-25-15-4-2-14(3-5-15)22-13-18-19-20-22/h2-5,13H,1,6-12H2/t17-/m0/s1. The Bertz CT molecular complexity index is 710. The summed E-state index contributed by atoms with van der Waals surface area (Å²) in [4.78, 5) is 14.4. The Morgan fingerprint density at radius 3 is 2.88 bits per heavy atom. The van der Waals surface area contributed by atoms with Crippen LogP contribution in [0.2, 0.25) is 0 Å². The van der Waals surface area contributed by atoms with Gasteiger partial charge in [-0.25, -0.2) is 4.68 Å². The normalized spacial score (nSPS) is 23.1. The van der Waals surface area contributed by atoms with Crippen LogP contribution < -0.4 is 4.74 Å². The minimum absolute atomic E-state index is 0.0375. The van der Waals surface area contributed by atoms with Gasteiger partial charge in [-0.2, -0.15) is 0 Å². The number of nitrogens with zero attached hydrogens (tertiary/aromatic N) is 5. The highest BCUT2D eigenvalue weighted by Crippen LogP contribution is 2.37. The first-order valence-electron chi connectivity index (χ1n) is 8.56. The van der Waals surface area contributed by atoms with Crippen LogP contribution in [0.1, 0.15) is 19.3 Å². The van der Waals surface area contributed by atoms with Gasteiger partial charge in [-0.15, -0.1) is 5.10 Å². The average Bonchev–Trinajstić information content (AvgIpc) is 3.33. The highest BCUT2D eigenvalue weighted by molar-refractivity contribution is 5.78. The van der Waals surface area contributed by atoms with Gasteiger partial charge in [0.1, 0.15) is 12.1 Å². The minimum atomic E-state index is 0.0375. The highest BCUT2D eigenvalue weighted by Gasteiger charge is 2.40. The van der Waals surface area contributed by atoms with E-state index in [1.165, 1.54) is 6.33 Å². The van der Waals surface area contributed by atoms with Crippen LogP contribution in [0.15, 0.2) is 30.6 Å². The van der Waals surface area contributed by atoms with E-state index in [-0.39, 0.29) is 17.9 Å². The van der Waals surface area contributed by atoms with Gasteiger partial charge < -0.3 is 14.4 Å². The van der Waals surface area contributed by atoms with Gasteiger partial charge in [0, 0.05) is 25.1 Å². The molecule has 2 aliphatic rings. The van der Waals surface area contributed by atoms with E-state index in [4.69, 9.17) is 9.47 Å². The minimum Gasteiger partial charge on any atom is -0.484 e. The maximum Gasteiger partial charge on any atom is 0.260 e. The van der Waals surface area contributed by atoms with Gasteiger partial charge in [0.25, 0.3) is 5.91 Å². The van der Waals surface area contributed by atoms with Crippen molar-refractivity contribution in [3.05, 3.63) is 30.6 Å². The Hall–Kier alpha value is -2.48. The first-order valence-corrected chi connectivity index (χ1v) is 8.56. The molecule has 132 valence electrons. The molecule has 3 heterocycles. The van der Waals surface area contributed by atoms with E-state index in [0.29, 0.717) is 5.75 Å². The molecule has 25 heavy (non-hydrogen) atoms. The molecule has 0 radical (unpaired) electrons. The van der Waals surface area contributed by atoms with E-state index in [1.54, 1.807) is 4.68 Å². The maximum absolute atomic E-state index is 12.5. The number of piperidine rings is 1. The average molecular weight is 343 g/mol. The molecule has 0 saturated carbocycles. The first kappa shape index (κ1) is 16.0. The molecule has 0 bridgehead atoms. The van der Waals surface area contributed by atoms with Gasteiger partial charge in [-0.05, 0) is 54.0 Å². The molecule has 2 aromatic rings. The number of aromatic nitrogens is 4. The van der Waals surface area contributed by atoms with Gasteiger partial charge >= 0.3 is 0 Å². The predicted molar refractivity (Wildman–Crippen MR) is 88.3 cm³/mol. The molecule has 2 saturated heterocycles. The summed E-state index contributed by atoms with van der Waals surface area (Å²) in [6, 6.07) is 7.32. The van der Waals surface area contributed by atoms with E-state index in [0.717, 1.165) is 51.3 Å². The van der Waals surface area contributed by atoms with Gasteiger partial charge in [-0.1, -0.05) is 0 Å². The van der Waals surface area contributed by atoms with Crippen LogP contribution >= 0.6 is 0 Å². The highest BCUT2D eigenvalue weighted by atomic mass is 16.5. The number of carbonyl (C=O) groups excluding carboxylic acids is 1. The molecule has 0 N–H and O–H groups in total. The number of amides is 1. The molecule has 1 atom stereocenters. The first-order chi connectivity index (χ1) is 12.2. The SMILES string of the molecule is O=C(COc1ccc(-n2cnnn2)cc1)N1CCC[C@]2(CCOC2)C1. The van der Waals surface area contributed by atoms with Crippen molar-refractivity contribution in [2.45, 2.75) is 19.3 Å². The summed E-state index contributed by atoms with van der Waals surface area (Å²) in [6.07, 6.45) is 4.76. The largest absolute Gasteiger partial charge is 0.484 e. The Balaban J connectivity index is 1.32. The molecule has 0 aliphatic carbocycles. The molecule has 1 aromatic carbocycles. The van der Waals surface area contributed by atoms with E-state index < -0.39 is 0 Å². The van der Waals surface area contributed by atoms with Gasteiger partial charge in [0.2, 0.25) is 0 Å². The van der Waals surface area contributed by atoms with Crippen LogP contribution in [0.4, 0.5) is 0 Å². The van der Waals surface area contributed by atoms with Crippen LogP contribution in [0.3, 0.4) is 0 Å². The van der Waals surface area contributed by atoms with Crippen LogP contribution in [-0.4, -0.2) is 63.9 Å². The fourth-order valence-electron chi connectivity index (χ4n) is 3.60. The maximum atomic E-state index is 12.5. The van der Waals surface area contributed by atoms with Crippen molar-refractivity contribution >= 4 is 5.91 Å². The Labute approximate surface area is 145 Å². The van der Waals surface area contributed by atoms with Crippen molar-refractivity contribution < 1.29 is 14.3 Å². The number of tetrazole rings is 1. The Kier molecular flexibility index (Phi) is 4.35. The fourth-order valence-corrected chi connectivity index (χ4v) is 3.60. The Morgan fingerprint density at radius 1 is 1.28 bits per heavy atom. The molecule has 2 fully saturated rings. The van der Waals surface area contributed by atoms with Crippen molar-refractivity contribution in [3.63, 3.8) is 0 Å². The molecule has 8 heteroatoms. The smallest absolute Gasteiger partial charge is 0.260 e. The van der Waals surface area contributed by atoms with Gasteiger partial charge in [0.15, 0.2) is 6.61 Å². The number of likely N-dealkylation sites (tertiary alicyclic amines) is 1. The third kappa shape index (κ3) is 3.48. The molecule has 2 aliphatic heterocycles. The van der Waals surface area contributed by atoms with Crippen molar-refractivity contribution in [2.75, 3.05) is 32.9 Å². The number of hydrogen-bond donors (Lipinski definition) is 0. The second-order valence-corrected chi connectivity index (χ2v) is 6.76. The lowest BCUT2D eigenvalue weighted by Gasteiger charge is -2.39. The lowest BCUT2D eigenvalue weighted by molar-refractivity contribution is -0.137. The lowest BCUT2D eigenvalue weighted by Crippen LogP contribution is -2.48. The van der Waals surface area contributed by atoms with E-state index in [9.17, 15) is 4.79 Å². The van der Waals surface area contributed by atoms with Crippen LogP contribution in [0, 0.1) is 5.41 Å². The summed E-state index contributed by atoms with van der Waals surface area (Å²) in [7, 11) is 0. The molecule has 1 aromatic heterocycles. The number of rotatable bonds is 4. The van der Waals surface area contributed by atoms with Crippen molar-refractivity contribution in [1.29, 1.82) is 0 Å². The number of carbonyl (C=O) groups is 1. The predicted octanol–water partition coefficient (Wildman–Crippen LogP) is 1.07. The lowest BCUT2D eigenvalue weighted by atomic mass is 9.79. The number of ether oxygens (including phenoxy) is 2. The molecular formula is C17H21N5O3. The number of benzene rings is 1. The molecule has 8 nitrogen and oxygen atoms in total. The molecule has 4 rings (SSSR count). The zero-order chi connectivity index (χ0) is 17.1. The van der Waals surface area contributed by atoms with Gasteiger partial charge in [-0.3, -0.25) is 4.79 Å². The second-order valence-electron chi connectivity index (χ2n) is 6.76. The monoisotopic (exact) mass is 343 g/mol. The zero-order valence-corrected chi connectivity index (χ0v) is 14.0. The van der Waals surface area contributed by atoms with Crippen molar-refractivity contribution in [2.24, 2.45) is 5.41 Å². The van der Waals surface area contributed by atoms with E-state index in [2.05, 4.69) is 15.5 Å². The van der Waals surface area contributed by atoms with E-state index >= 15 is 0 Å². The summed E-state index contributed by atoms with van der Waals surface area (Å²) in [5.41, 5.74) is 1.00. The number of hydrogen-bond acceptors (Lipinski definition) is 6. The van der Waals surface area contributed by atoms with Crippen molar-refractivity contribution in [1.82, 2.24) is 25.1 Å². The van der Waals surface area contributed by atoms with Crippen molar-refractivity contribution in [3.8, 4) is 11.4 Å².